The number of unbranched alkanes of at least 4 members (excludes halogenated alkanes) is 1. The maximum atomic E-state index is 12.3. The fourth-order valence-electron chi connectivity index (χ4n) is 2.33. The minimum Gasteiger partial charge on any atom is -0.382 e. The lowest BCUT2D eigenvalue weighted by Gasteiger charge is -2.22. The van der Waals surface area contributed by atoms with Crippen LogP contribution in [-0.2, 0) is 21.5 Å². The molecule has 6 heteroatoms. The van der Waals surface area contributed by atoms with Crippen LogP contribution in [0, 0.1) is 0 Å². The number of nitrogens with zero attached hydrogens (tertiary/aromatic N) is 1. The lowest BCUT2D eigenvalue weighted by molar-refractivity contribution is -0.132. The first-order valence-corrected chi connectivity index (χ1v) is 9.83. The van der Waals surface area contributed by atoms with Crippen molar-refractivity contribution in [3.8, 4) is 5.75 Å². The lowest BCUT2D eigenvalue weighted by Crippen LogP contribution is -2.32. The zero-order chi connectivity index (χ0) is 16.9. The highest BCUT2D eigenvalue weighted by atomic mass is 32.2. The van der Waals surface area contributed by atoms with Gasteiger partial charge in [-0.3, -0.25) is 4.79 Å². The van der Waals surface area contributed by atoms with E-state index in [0.29, 0.717) is 24.8 Å². The summed E-state index contributed by atoms with van der Waals surface area (Å²) >= 11 is 0. The quantitative estimate of drug-likeness (QED) is 0.649. The lowest BCUT2D eigenvalue weighted by atomic mass is 10.1. The van der Waals surface area contributed by atoms with Gasteiger partial charge in [-0.05, 0) is 43.9 Å². The van der Waals surface area contributed by atoms with Gasteiger partial charge >= 0.3 is 10.1 Å². The van der Waals surface area contributed by atoms with Gasteiger partial charge in [0.25, 0.3) is 0 Å². The summed E-state index contributed by atoms with van der Waals surface area (Å²) in [5, 5.41) is 0. The Hall–Kier alpha value is -1.56. The highest BCUT2D eigenvalue weighted by Crippen LogP contribution is 2.29. The van der Waals surface area contributed by atoms with Crippen molar-refractivity contribution in [3.05, 3.63) is 29.8 Å². The normalized spacial score (nSPS) is 14.5. The Morgan fingerprint density at radius 3 is 2.39 bits per heavy atom. The molecule has 0 spiro atoms. The van der Waals surface area contributed by atoms with Gasteiger partial charge in [-0.25, -0.2) is 0 Å². The zero-order valence-corrected chi connectivity index (χ0v) is 14.6. The van der Waals surface area contributed by atoms with Crippen LogP contribution in [0.4, 0.5) is 0 Å². The Labute approximate surface area is 138 Å². The summed E-state index contributed by atoms with van der Waals surface area (Å²) < 4.78 is 27.9. The van der Waals surface area contributed by atoms with E-state index in [1.807, 2.05) is 17.0 Å². The third-order valence-corrected chi connectivity index (χ3v) is 5.06. The molecule has 0 saturated heterocycles. The van der Waals surface area contributed by atoms with Crippen molar-refractivity contribution in [2.75, 3.05) is 5.75 Å². The van der Waals surface area contributed by atoms with E-state index >= 15 is 0 Å². The molecule has 0 N–H and O–H groups in total. The number of carbonyl (C=O) groups excluding carboxylic acids is 1. The molecule has 0 aliphatic heterocycles. The number of rotatable bonds is 9. The summed E-state index contributed by atoms with van der Waals surface area (Å²) in [5.41, 5.74) is 0.989. The molecule has 23 heavy (non-hydrogen) atoms. The van der Waals surface area contributed by atoms with Crippen LogP contribution in [0.1, 0.15) is 51.5 Å². The van der Waals surface area contributed by atoms with Crippen LogP contribution in [0.2, 0.25) is 0 Å². The monoisotopic (exact) mass is 339 g/mol. The molecule has 0 atom stereocenters. The van der Waals surface area contributed by atoms with E-state index in [1.165, 1.54) is 0 Å². The summed E-state index contributed by atoms with van der Waals surface area (Å²) in [5.74, 6) is 0.463. The molecule has 1 aromatic carbocycles. The van der Waals surface area contributed by atoms with Gasteiger partial charge in [0.05, 0.1) is 5.75 Å². The van der Waals surface area contributed by atoms with Gasteiger partial charge in [0.15, 0.2) is 0 Å². The number of hydrogen-bond donors (Lipinski definition) is 0. The predicted molar refractivity (Wildman–Crippen MR) is 89.6 cm³/mol. The minimum atomic E-state index is -3.50. The summed E-state index contributed by atoms with van der Waals surface area (Å²) in [7, 11) is -3.50. The van der Waals surface area contributed by atoms with E-state index in [-0.39, 0.29) is 11.7 Å². The molecule has 1 amide bonds. The van der Waals surface area contributed by atoms with E-state index < -0.39 is 10.1 Å². The Kier molecular flexibility index (Phi) is 6.04. The van der Waals surface area contributed by atoms with Crippen molar-refractivity contribution in [1.29, 1.82) is 0 Å². The highest BCUT2D eigenvalue weighted by molar-refractivity contribution is 7.87. The predicted octanol–water partition coefficient (Wildman–Crippen LogP) is 3.10. The van der Waals surface area contributed by atoms with Crippen molar-refractivity contribution < 1.29 is 17.4 Å². The van der Waals surface area contributed by atoms with Gasteiger partial charge in [0, 0.05) is 19.0 Å². The topological polar surface area (TPSA) is 63.7 Å². The first kappa shape index (κ1) is 17.8. The van der Waals surface area contributed by atoms with E-state index in [1.54, 1.807) is 19.1 Å². The molecule has 1 aliphatic rings. The van der Waals surface area contributed by atoms with Crippen LogP contribution >= 0.6 is 0 Å². The van der Waals surface area contributed by atoms with Crippen LogP contribution in [-0.4, -0.2) is 31.0 Å². The summed E-state index contributed by atoms with van der Waals surface area (Å²) in [6, 6.07) is 7.30. The second-order valence-corrected chi connectivity index (χ2v) is 7.79. The number of benzene rings is 1. The van der Waals surface area contributed by atoms with Crippen molar-refractivity contribution in [3.63, 3.8) is 0 Å². The molecule has 0 aromatic heterocycles. The molecule has 1 fully saturated rings. The van der Waals surface area contributed by atoms with Crippen molar-refractivity contribution in [2.24, 2.45) is 0 Å². The van der Waals surface area contributed by atoms with Gasteiger partial charge in [0.1, 0.15) is 5.75 Å². The maximum absolute atomic E-state index is 12.3. The molecular weight excluding hydrogens is 314 g/mol. The standard InChI is InChI=1S/C17H25NO4S/c1-3-5-6-17(19)18(15-9-10-15)13-14-7-11-16(12-8-14)22-23(20,21)4-2/h7-8,11-12,15H,3-6,9-10,13H2,1-2H3. The SMILES string of the molecule is CCCCC(=O)N(Cc1ccc(OS(=O)(=O)CC)cc1)C1CC1. The number of amides is 1. The Balaban J connectivity index is 1.99. The average molecular weight is 339 g/mol. The molecule has 1 aromatic rings. The molecule has 5 nitrogen and oxygen atoms in total. The maximum Gasteiger partial charge on any atom is 0.308 e. The van der Waals surface area contributed by atoms with Crippen LogP contribution in [0.15, 0.2) is 24.3 Å². The Bertz CT molecular complexity index is 620. The van der Waals surface area contributed by atoms with Crippen LogP contribution in [0.5, 0.6) is 5.75 Å². The first-order valence-electron chi connectivity index (χ1n) is 8.25. The Morgan fingerprint density at radius 1 is 1.22 bits per heavy atom. The van der Waals surface area contributed by atoms with Gasteiger partial charge in [0.2, 0.25) is 5.91 Å². The Morgan fingerprint density at radius 2 is 1.87 bits per heavy atom. The molecule has 128 valence electrons. The number of carbonyl (C=O) groups is 1. The summed E-state index contributed by atoms with van der Waals surface area (Å²) in [6.45, 7) is 4.20. The molecule has 2 rings (SSSR count). The summed E-state index contributed by atoms with van der Waals surface area (Å²) in [4.78, 5) is 14.3. The van der Waals surface area contributed by atoms with Crippen LogP contribution in [0.25, 0.3) is 0 Å². The fraction of sp³-hybridized carbons (Fsp3) is 0.588. The number of hydrogen-bond acceptors (Lipinski definition) is 4. The van der Waals surface area contributed by atoms with Crippen molar-refractivity contribution >= 4 is 16.0 Å². The van der Waals surface area contributed by atoms with Gasteiger partial charge in [-0.2, -0.15) is 8.42 Å². The van der Waals surface area contributed by atoms with Crippen molar-refractivity contribution in [2.45, 2.75) is 58.5 Å². The summed E-state index contributed by atoms with van der Waals surface area (Å²) in [6.07, 6.45) is 4.69. The zero-order valence-electron chi connectivity index (χ0n) is 13.8. The van der Waals surface area contributed by atoms with Gasteiger partial charge in [-0.15, -0.1) is 0 Å². The molecule has 0 bridgehead atoms. The van der Waals surface area contributed by atoms with E-state index in [9.17, 15) is 13.2 Å². The molecule has 0 radical (unpaired) electrons. The van der Waals surface area contributed by atoms with E-state index in [0.717, 1.165) is 31.2 Å². The fourth-order valence-corrected chi connectivity index (χ4v) is 2.85. The minimum absolute atomic E-state index is 0.0594. The van der Waals surface area contributed by atoms with Crippen LogP contribution in [0.3, 0.4) is 0 Å². The van der Waals surface area contributed by atoms with Gasteiger partial charge in [-0.1, -0.05) is 25.5 Å². The third kappa shape index (κ3) is 5.53. The van der Waals surface area contributed by atoms with E-state index in [2.05, 4.69) is 6.92 Å². The third-order valence-electron chi connectivity index (χ3n) is 3.91. The smallest absolute Gasteiger partial charge is 0.308 e. The molecule has 1 aliphatic carbocycles. The van der Waals surface area contributed by atoms with Crippen molar-refractivity contribution in [1.82, 2.24) is 4.90 Å². The van der Waals surface area contributed by atoms with Gasteiger partial charge < -0.3 is 9.08 Å². The average Bonchev–Trinajstić information content (AvgIpc) is 3.36. The molecular formula is C17H25NO4S. The second kappa shape index (κ2) is 7.81. The van der Waals surface area contributed by atoms with E-state index in [4.69, 9.17) is 4.18 Å². The van der Waals surface area contributed by atoms with Crippen LogP contribution < -0.4 is 4.18 Å². The first-order chi connectivity index (χ1) is 10.9. The highest BCUT2D eigenvalue weighted by Gasteiger charge is 2.32. The molecule has 0 heterocycles. The molecule has 1 saturated carbocycles. The second-order valence-electron chi connectivity index (χ2n) is 5.93. The molecule has 0 unspecified atom stereocenters. The largest absolute Gasteiger partial charge is 0.382 e.